The summed E-state index contributed by atoms with van der Waals surface area (Å²) in [6, 6.07) is 0. The molecule has 0 atom stereocenters. The summed E-state index contributed by atoms with van der Waals surface area (Å²) < 4.78 is 0. The predicted octanol–water partition coefficient (Wildman–Crippen LogP) is 3.92. The van der Waals surface area contributed by atoms with Crippen molar-refractivity contribution in [2.24, 2.45) is 0 Å². The van der Waals surface area contributed by atoms with Gasteiger partial charge >= 0.3 is 0 Å². The number of carbonyl (C=O) groups excluding carboxylic acids is 1. The van der Waals surface area contributed by atoms with Gasteiger partial charge in [-0.1, -0.05) is 96.8 Å². The van der Waals surface area contributed by atoms with Crippen LogP contribution in [0.15, 0.2) is 0 Å². The molecule has 0 radical (unpaired) electrons. The SMILES string of the molecule is CCCCCCCCCCCCCCCCCC(=O)NCC[NH2+]CCO. The van der Waals surface area contributed by atoms with E-state index < -0.39 is 0 Å². The molecule has 0 aromatic carbocycles. The molecule has 0 spiro atoms. The first-order valence-electron chi connectivity index (χ1n) is 11.5. The van der Waals surface area contributed by atoms with E-state index in [1.54, 1.807) is 0 Å². The molecule has 4 N–H and O–H groups in total. The normalized spacial score (nSPS) is 11.0. The number of aliphatic hydroxyl groups is 1. The molecule has 0 aromatic heterocycles. The number of unbranched alkanes of at least 4 members (excludes halogenated alkanes) is 14. The minimum absolute atomic E-state index is 0.178. The van der Waals surface area contributed by atoms with Crippen LogP contribution in [0.5, 0.6) is 0 Å². The standard InChI is InChI=1S/C22H46N2O2/c1-2-3-4-5-6-7-8-9-10-11-12-13-14-15-16-17-22(26)24-19-18-23-20-21-25/h23,25H,2-21H2,1H3,(H,24,26)/p+1. The minimum Gasteiger partial charge on any atom is -0.391 e. The van der Waals surface area contributed by atoms with Gasteiger partial charge in [0.15, 0.2) is 0 Å². The molecule has 0 saturated carbocycles. The van der Waals surface area contributed by atoms with Crippen LogP contribution < -0.4 is 10.6 Å². The van der Waals surface area contributed by atoms with Crippen molar-refractivity contribution in [2.45, 2.75) is 110 Å². The van der Waals surface area contributed by atoms with Crippen LogP contribution in [0.3, 0.4) is 0 Å². The molecule has 4 nitrogen and oxygen atoms in total. The highest BCUT2D eigenvalue weighted by atomic mass is 16.3. The Kier molecular flexibility index (Phi) is 21.9. The molecule has 0 bridgehead atoms. The van der Waals surface area contributed by atoms with E-state index in [4.69, 9.17) is 5.11 Å². The Bertz CT molecular complexity index is 285. The molecule has 0 aliphatic heterocycles. The van der Waals surface area contributed by atoms with Gasteiger partial charge in [0.1, 0.15) is 0 Å². The molecule has 0 rings (SSSR count). The lowest BCUT2D eigenvalue weighted by Crippen LogP contribution is -2.86. The highest BCUT2D eigenvalue weighted by Gasteiger charge is 2.01. The van der Waals surface area contributed by atoms with E-state index in [-0.39, 0.29) is 12.5 Å². The Morgan fingerprint density at radius 2 is 1.19 bits per heavy atom. The van der Waals surface area contributed by atoms with Gasteiger partial charge in [-0.05, 0) is 6.42 Å². The van der Waals surface area contributed by atoms with E-state index >= 15 is 0 Å². The number of aliphatic hydroxyl groups excluding tert-OH is 1. The molecule has 0 unspecified atom stereocenters. The van der Waals surface area contributed by atoms with Crippen LogP contribution in [0.25, 0.3) is 0 Å². The number of rotatable bonds is 21. The fraction of sp³-hybridized carbons (Fsp3) is 0.955. The molecule has 0 aliphatic rings. The molecule has 0 aromatic rings. The van der Waals surface area contributed by atoms with Crippen LogP contribution in [-0.2, 0) is 4.79 Å². The third kappa shape index (κ3) is 21.4. The van der Waals surface area contributed by atoms with Gasteiger partial charge in [0.2, 0.25) is 5.91 Å². The Labute approximate surface area is 162 Å². The van der Waals surface area contributed by atoms with Gasteiger partial charge in [0, 0.05) is 6.42 Å². The van der Waals surface area contributed by atoms with Gasteiger partial charge in [0.05, 0.1) is 26.2 Å². The third-order valence-corrected chi connectivity index (χ3v) is 5.01. The van der Waals surface area contributed by atoms with Crippen molar-refractivity contribution in [2.75, 3.05) is 26.2 Å². The van der Waals surface area contributed by atoms with Crippen molar-refractivity contribution in [3.8, 4) is 0 Å². The monoisotopic (exact) mass is 371 g/mol. The zero-order chi connectivity index (χ0) is 19.1. The molecule has 0 heterocycles. The van der Waals surface area contributed by atoms with Crippen LogP contribution in [-0.4, -0.2) is 37.3 Å². The van der Waals surface area contributed by atoms with E-state index in [9.17, 15) is 4.79 Å². The fourth-order valence-electron chi connectivity index (χ4n) is 3.29. The highest BCUT2D eigenvalue weighted by Crippen LogP contribution is 2.13. The van der Waals surface area contributed by atoms with Gasteiger partial charge in [-0.3, -0.25) is 4.79 Å². The Hall–Kier alpha value is -0.610. The van der Waals surface area contributed by atoms with Crippen molar-refractivity contribution in [1.29, 1.82) is 0 Å². The average molecular weight is 372 g/mol. The maximum absolute atomic E-state index is 11.6. The summed E-state index contributed by atoms with van der Waals surface area (Å²) in [7, 11) is 0. The van der Waals surface area contributed by atoms with Gasteiger partial charge in [-0.15, -0.1) is 0 Å². The number of hydrogen-bond acceptors (Lipinski definition) is 2. The first kappa shape index (κ1) is 25.4. The number of quaternary nitrogens is 1. The van der Waals surface area contributed by atoms with Crippen molar-refractivity contribution in [3.63, 3.8) is 0 Å². The molecule has 0 fully saturated rings. The predicted molar refractivity (Wildman–Crippen MR) is 111 cm³/mol. The number of nitrogens with two attached hydrogens (primary N) is 1. The largest absolute Gasteiger partial charge is 0.391 e. The van der Waals surface area contributed by atoms with Gasteiger partial charge in [0.25, 0.3) is 0 Å². The minimum atomic E-state index is 0.178. The molecule has 26 heavy (non-hydrogen) atoms. The van der Waals surface area contributed by atoms with E-state index in [0.717, 1.165) is 19.5 Å². The van der Waals surface area contributed by atoms with Crippen molar-refractivity contribution in [1.82, 2.24) is 5.32 Å². The van der Waals surface area contributed by atoms with Crippen LogP contribution in [0.2, 0.25) is 0 Å². The van der Waals surface area contributed by atoms with Crippen LogP contribution in [0, 0.1) is 0 Å². The van der Waals surface area contributed by atoms with Gasteiger partial charge in [-0.25, -0.2) is 0 Å². The van der Waals surface area contributed by atoms with Crippen molar-refractivity contribution in [3.05, 3.63) is 0 Å². The second-order valence-electron chi connectivity index (χ2n) is 7.64. The summed E-state index contributed by atoms with van der Waals surface area (Å²) in [6.07, 6.45) is 21.0. The smallest absolute Gasteiger partial charge is 0.220 e. The maximum Gasteiger partial charge on any atom is 0.220 e. The van der Waals surface area contributed by atoms with E-state index in [1.807, 2.05) is 5.32 Å². The lowest BCUT2D eigenvalue weighted by Gasteiger charge is -2.05. The zero-order valence-electron chi connectivity index (χ0n) is 17.6. The number of amides is 1. The lowest BCUT2D eigenvalue weighted by molar-refractivity contribution is -0.654. The Morgan fingerprint density at radius 1 is 0.731 bits per heavy atom. The summed E-state index contributed by atoms with van der Waals surface area (Å²) in [5.41, 5.74) is 0. The number of carbonyl (C=O) groups is 1. The van der Waals surface area contributed by atoms with Gasteiger partial charge in [-0.2, -0.15) is 0 Å². The van der Waals surface area contributed by atoms with E-state index in [0.29, 0.717) is 13.0 Å². The van der Waals surface area contributed by atoms with Crippen LogP contribution >= 0.6 is 0 Å². The van der Waals surface area contributed by atoms with E-state index in [1.165, 1.54) is 89.9 Å². The Balaban J connectivity index is 3.09. The topological polar surface area (TPSA) is 65.9 Å². The summed E-state index contributed by atoms with van der Waals surface area (Å²) in [4.78, 5) is 11.6. The second kappa shape index (κ2) is 22.4. The van der Waals surface area contributed by atoms with Gasteiger partial charge < -0.3 is 15.7 Å². The molecule has 0 aliphatic carbocycles. The summed E-state index contributed by atoms with van der Waals surface area (Å²) >= 11 is 0. The molecule has 156 valence electrons. The maximum atomic E-state index is 11.6. The second-order valence-corrected chi connectivity index (χ2v) is 7.64. The molecule has 4 heteroatoms. The molecule has 0 saturated heterocycles. The van der Waals surface area contributed by atoms with Crippen molar-refractivity contribution < 1.29 is 15.2 Å². The Morgan fingerprint density at radius 3 is 1.65 bits per heavy atom. The third-order valence-electron chi connectivity index (χ3n) is 5.01. The van der Waals surface area contributed by atoms with Crippen LogP contribution in [0.4, 0.5) is 0 Å². The summed E-state index contributed by atoms with van der Waals surface area (Å²) in [5, 5.41) is 13.6. The first-order chi connectivity index (χ1) is 12.8. The van der Waals surface area contributed by atoms with E-state index in [2.05, 4.69) is 12.2 Å². The fourth-order valence-corrected chi connectivity index (χ4v) is 3.29. The molecule has 1 amide bonds. The summed E-state index contributed by atoms with van der Waals surface area (Å²) in [5.74, 6) is 0.178. The van der Waals surface area contributed by atoms with Crippen molar-refractivity contribution >= 4 is 5.91 Å². The highest BCUT2D eigenvalue weighted by molar-refractivity contribution is 5.75. The lowest BCUT2D eigenvalue weighted by atomic mass is 10.0. The molecular weight excluding hydrogens is 324 g/mol. The number of hydrogen-bond donors (Lipinski definition) is 3. The summed E-state index contributed by atoms with van der Waals surface area (Å²) in [6.45, 7) is 4.75. The quantitative estimate of drug-likeness (QED) is 0.268. The number of nitrogens with one attached hydrogen (secondary N) is 1. The zero-order valence-corrected chi connectivity index (χ0v) is 17.6. The molecular formula is C22H47N2O2+. The average Bonchev–Trinajstić information content (AvgIpc) is 2.64. The first-order valence-corrected chi connectivity index (χ1v) is 11.5. The van der Waals surface area contributed by atoms with Crippen LogP contribution in [0.1, 0.15) is 110 Å².